The van der Waals surface area contributed by atoms with E-state index in [1.165, 1.54) is 12.2 Å². The maximum Gasteiger partial charge on any atom is 0.268 e. The summed E-state index contributed by atoms with van der Waals surface area (Å²) >= 11 is 1.64. The zero-order valence-corrected chi connectivity index (χ0v) is 14.5. The molecule has 7 nitrogen and oxygen atoms in total. The predicted molar refractivity (Wildman–Crippen MR) is 88.8 cm³/mol. The highest BCUT2D eigenvalue weighted by molar-refractivity contribution is 7.98. The molecule has 2 aliphatic rings. The maximum absolute atomic E-state index is 12.4. The van der Waals surface area contributed by atoms with Gasteiger partial charge in [0, 0.05) is 18.9 Å². The number of aliphatic hydroxyl groups excluding tert-OH is 2. The molecule has 1 aliphatic heterocycles. The van der Waals surface area contributed by atoms with Crippen LogP contribution >= 0.6 is 11.8 Å². The Balaban J connectivity index is 1.99. The molecule has 2 rings (SSSR count). The van der Waals surface area contributed by atoms with E-state index in [-0.39, 0.29) is 23.8 Å². The van der Waals surface area contributed by atoms with E-state index < -0.39 is 28.4 Å². The van der Waals surface area contributed by atoms with Crippen molar-refractivity contribution in [1.29, 1.82) is 0 Å². The van der Waals surface area contributed by atoms with Crippen LogP contribution in [0.5, 0.6) is 0 Å². The van der Waals surface area contributed by atoms with Gasteiger partial charge in [0.25, 0.3) is 10.0 Å². The molecule has 9 heteroatoms. The second kappa shape index (κ2) is 7.80. The van der Waals surface area contributed by atoms with Crippen LogP contribution in [0.25, 0.3) is 0 Å². The molecule has 0 spiro atoms. The molecule has 0 radical (unpaired) electrons. The van der Waals surface area contributed by atoms with Crippen molar-refractivity contribution in [2.24, 2.45) is 0 Å². The summed E-state index contributed by atoms with van der Waals surface area (Å²) in [4.78, 5) is 11.7. The Morgan fingerprint density at radius 2 is 2.26 bits per heavy atom. The number of carbonyl (C=O) groups excluding carboxylic acids is 1. The lowest BCUT2D eigenvalue weighted by molar-refractivity contribution is -0.126. The fourth-order valence-corrected chi connectivity index (χ4v) is 4.56. The third kappa shape index (κ3) is 4.36. The van der Waals surface area contributed by atoms with Crippen LogP contribution in [0.2, 0.25) is 0 Å². The molecule has 3 atom stereocenters. The largest absolute Gasteiger partial charge is 0.379 e. The molecule has 3 unspecified atom stereocenters. The van der Waals surface area contributed by atoms with E-state index in [1.807, 2.05) is 6.26 Å². The highest BCUT2D eigenvalue weighted by Crippen LogP contribution is 2.27. The van der Waals surface area contributed by atoms with Crippen LogP contribution < -0.4 is 5.32 Å². The number of aliphatic hydroxyl groups is 2. The second-order valence-corrected chi connectivity index (χ2v) is 8.29. The number of nitrogens with zero attached hydrogens (tertiary/aromatic N) is 1. The van der Waals surface area contributed by atoms with Crippen molar-refractivity contribution in [1.82, 2.24) is 9.62 Å². The Kier molecular flexibility index (Phi) is 6.26. The smallest absolute Gasteiger partial charge is 0.268 e. The summed E-state index contributed by atoms with van der Waals surface area (Å²) in [7, 11) is -4.01. The summed E-state index contributed by atoms with van der Waals surface area (Å²) in [6.45, 7) is 0. The molecule has 0 aromatic heterocycles. The van der Waals surface area contributed by atoms with E-state index in [2.05, 4.69) is 5.32 Å². The lowest BCUT2D eigenvalue weighted by Crippen LogP contribution is -2.40. The molecule has 0 aromatic carbocycles. The zero-order valence-electron chi connectivity index (χ0n) is 12.9. The van der Waals surface area contributed by atoms with Crippen LogP contribution in [0.15, 0.2) is 23.1 Å². The molecule has 0 bridgehead atoms. The Morgan fingerprint density at radius 1 is 1.52 bits per heavy atom. The van der Waals surface area contributed by atoms with Crippen molar-refractivity contribution < 1.29 is 23.4 Å². The minimum Gasteiger partial charge on any atom is -0.379 e. The second-order valence-electron chi connectivity index (χ2n) is 5.49. The first-order chi connectivity index (χ1) is 10.9. The van der Waals surface area contributed by atoms with Gasteiger partial charge in [0.15, 0.2) is 0 Å². The molecular weight excluding hydrogens is 340 g/mol. The van der Waals surface area contributed by atoms with Crippen LogP contribution in [-0.2, 0) is 14.8 Å². The summed E-state index contributed by atoms with van der Waals surface area (Å²) in [6, 6.07) is -0.162. The molecule has 1 heterocycles. The summed E-state index contributed by atoms with van der Waals surface area (Å²) in [5, 5.41) is 22.5. The number of rotatable bonds is 7. The topological polar surface area (TPSA) is 107 Å². The normalized spacial score (nSPS) is 26.5. The molecule has 0 aromatic rings. The summed E-state index contributed by atoms with van der Waals surface area (Å²) in [5.41, 5.74) is 0. The van der Waals surface area contributed by atoms with E-state index in [4.69, 9.17) is 0 Å². The Hall–Kier alpha value is -0.870. The minimum absolute atomic E-state index is 0.00320. The zero-order chi connectivity index (χ0) is 17.0. The van der Waals surface area contributed by atoms with Crippen LogP contribution in [-0.4, -0.2) is 59.3 Å². The van der Waals surface area contributed by atoms with E-state index >= 15 is 0 Å². The predicted octanol–water partition coefficient (Wildman–Crippen LogP) is 0.130. The van der Waals surface area contributed by atoms with Gasteiger partial charge in [-0.05, 0) is 30.9 Å². The summed E-state index contributed by atoms with van der Waals surface area (Å²) in [5.74, 6) is 0.245. The van der Waals surface area contributed by atoms with Crippen LogP contribution in [0.3, 0.4) is 0 Å². The van der Waals surface area contributed by atoms with Gasteiger partial charge in [-0.2, -0.15) is 11.8 Å². The summed E-state index contributed by atoms with van der Waals surface area (Å²) < 4.78 is 25.4. The average Bonchev–Trinajstić information content (AvgIpc) is 2.85. The van der Waals surface area contributed by atoms with Gasteiger partial charge < -0.3 is 10.2 Å². The van der Waals surface area contributed by atoms with Gasteiger partial charge in [-0.15, -0.1) is 0 Å². The fourth-order valence-electron chi connectivity index (χ4n) is 2.53. The fraction of sp³-hybridized carbons (Fsp3) is 0.643. The third-order valence-corrected chi connectivity index (χ3v) is 6.26. The van der Waals surface area contributed by atoms with Crippen LogP contribution in [0.4, 0.5) is 0 Å². The molecule has 1 aliphatic carbocycles. The first kappa shape index (κ1) is 18.5. The first-order valence-corrected chi connectivity index (χ1v) is 10.3. The first-order valence-electron chi connectivity index (χ1n) is 7.43. The van der Waals surface area contributed by atoms with Crippen molar-refractivity contribution in [2.75, 3.05) is 12.0 Å². The number of amides is 1. The van der Waals surface area contributed by atoms with Crippen LogP contribution in [0.1, 0.15) is 25.7 Å². The molecule has 0 saturated carbocycles. The molecular formula is C14H22N2O5S2. The molecule has 130 valence electrons. The van der Waals surface area contributed by atoms with E-state index in [0.717, 1.165) is 5.75 Å². The Labute approximate surface area is 140 Å². The van der Waals surface area contributed by atoms with Gasteiger partial charge >= 0.3 is 0 Å². The third-order valence-electron chi connectivity index (χ3n) is 3.76. The van der Waals surface area contributed by atoms with Gasteiger partial charge in [-0.1, -0.05) is 12.2 Å². The average molecular weight is 362 g/mol. The van der Waals surface area contributed by atoms with Crippen molar-refractivity contribution in [3.63, 3.8) is 0 Å². The van der Waals surface area contributed by atoms with Crippen molar-refractivity contribution in [2.45, 2.75) is 44.2 Å². The maximum atomic E-state index is 12.4. The van der Waals surface area contributed by atoms with Gasteiger partial charge in [-0.25, -0.2) is 12.7 Å². The lowest BCUT2D eigenvalue weighted by atomic mass is 10.1. The highest BCUT2D eigenvalue weighted by atomic mass is 32.2. The number of nitrogens with one attached hydrogen (secondary N) is 1. The number of allylic oxidation sites excluding steroid dienone is 1. The van der Waals surface area contributed by atoms with Gasteiger partial charge in [0.05, 0.1) is 4.91 Å². The molecule has 23 heavy (non-hydrogen) atoms. The van der Waals surface area contributed by atoms with Gasteiger partial charge in [-0.3, -0.25) is 10.1 Å². The standard InChI is InChI=1S/C14H22N2O5S2/c1-22-9-8-12(17)15-10-2-4-11(5-3-10)23(20,21)16-13(18)6-7-14(16)19/h2,4-5,10,12-13,15,17-18H,3,6-9H2,1H3. The SMILES string of the molecule is CSCCC(O)NC1C=CC(S(=O)(=O)N2C(=O)CCC2O)=CC1. The van der Waals surface area contributed by atoms with Gasteiger partial charge in [0.1, 0.15) is 12.5 Å². The number of sulfonamides is 1. The number of hydrogen-bond donors (Lipinski definition) is 3. The van der Waals surface area contributed by atoms with Crippen molar-refractivity contribution in [3.8, 4) is 0 Å². The van der Waals surface area contributed by atoms with Crippen molar-refractivity contribution >= 4 is 27.7 Å². The van der Waals surface area contributed by atoms with E-state index in [1.54, 1.807) is 17.8 Å². The number of carbonyl (C=O) groups is 1. The summed E-state index contributed by atoms with van der Waals surface area (Å²) in [6.07, 6.45) is 5.75. The number of hydrogen-bond acceptors (Lipinski definition) is 7. The Morgan fingerprint density at radius 3 is 2.78 bits per heavy atom. The quantitative estimate of drug-likeness (QED) is 0.553. The van der Waals surface area contributed by atoms with E-state index in [0.29, 0.717) is 17.1 Å². The number of thioether (sulfide) groups is 1. The highest BCUT2D eigenvalue weighted by Gasteiger charge is 2.40. The minimum atomic E-state index is -4.01. The molecule has 1 amide bonds. The van der Waals surface area contributed by atoms with Crippen LogP contribution in [0, 0.1) is 0 Å². The Bertz CT molecular complexity index is 602. The molecule has 3 N–H and O–H groups in total. The van der Waals surface area contributed by atoms with Crippen molar-refractivity contribution in [3.05, 3.63) is 23.1 Å². The molecule has 1 fully saturated rings. The molecule has 1 saturated heterocycles. The van der Waals surface area contributed by atoms with Gasteiger partial charge in [0.2, 0.25) is 5.91 Å². The lowest BCUT2D eigenvalue weighted by Gasteiger charge is -2.24. The van der Waals surface area contributed by atoms with E-state index in [9.17, 15) is 23.4 Å². The monoisotopic (exact) mass is 362 g/mol.